The van der Waals surface area contributed by atoms with Gasteiger partial charge in [-0.3, -0.25) is 0 Å². The zero-order valence-electron chi connectivity index (χ0n) is 12.6. The molecule has 1 heterocycles. The molecule has 5 nitrogen and oxygen atoms in total. The van der Waals surface area contributed by atoms with Crippen molar-refractivity contribution in [1.29, 1.82) is 0 Å². The molecule has 22 heavy (non-hydrogen) atoms. The lowest BCUT2D eigenvalue weighted by Gasteiger charge is -2.13. The second-order valence-electron chi connectivity index (χ2n) is 5.23. The first-order chi connectivity index (χ1) is 10.7. The molecule has 5 heteroatoms. The summed E-state index contributed by atoms with van der Waals surface area (Å²) in [5, 5.41) is 17.8. The van der Waals surface area contributed by atoms with Gasteiger partial charge in [-0.2, -0.15) is 0 Å². The third kappa shape index (κ3) is 2.58. The Labute approximate surface area is 129 Å². The maximum absolute atomic E-state index is 9.53. The van der Waals surface area contributed by atoms with Crippen LogP contribution >= 0.6 is 0 Å². The highest BCUT2D eigenvalue weighted by Gasteiger charge is 2.15. The zero-order chi connectivity index (χ0) is 15.5. The number of nitrogens with zero attached hydrogens (tertiary/aromatic N) is 4. The summed E-state index contributed by atoms with van der Waals surface area (Å²) in [5.74, 6) is 0. The van der Waals surface area contributed by atoms with Crippen molar-refractivity contribution in [3.8, 4) is 16.9 Å². The van der Waals surface area contributed by atoms with Crippen molar-refractivity contribution < 1.29 is 5.11 Å². The average molecular weight is 294 g/mol. The van der Waals surface area contributed by atoms with E-state index in [1.165, 1.54) is 0 Å². The number of aliphatic hydroxyl groups is 1. The highest BCUT2D eigenvalue weighted by Crippen LogP contribution is 2.26. The standard InChI is InChI=1S/C17H18N4O/c1-20(2)14-8-10-15(11-9-14)21-17(16(12-22)18-19-21)13-6-4-3-5-7-13/h3-11,22H,12H2,1-2H3. The number of rotatable bonds is 4. The summed E-state index contributed by atoms with van der Waals surface area (Å²) < 4.78 is 1.76. The van der Waals surface area contributed by atoms with Crippen molar-refractivity contribution >= 4 is 5.69 Å². The van der Waals surface area contributed by atoms with E-state index < -0.39 is 0 Å². The summed E-state index contributed by atoms with van der Waals surface area (Å²) in [7, 11) is 4.01. The number of hydrogen-bond donors (Lipinski definition) is 1. The normalized spacial score (nSPS) is 10.7. The molecular weight excluding hydrogens is 276 g/mol. The van der Waals surface area contributed by atoms with E-state index in [0.29, 0.717) is 5.69 Å². The van der Waals surface area contributed by atoms with Gasteiger partial charge < -0.3 is 10.0 Å². The Balaban J connectivity index is 2.10. The van der Waals surface area contributed by atoms with Crippen LogP contribution in [0.1, 0.15) is 5.69 Å². The van der Waals surface area contributed by atoms with E-state index in [1.807, 2.05) is 73.6 Å². The molecule has 3 aromatic rings. The average Bonchev–Trinajstić information content (AvgIpc) is 2.99. The second-order valence-corrected chi connectivity index (χ2v) is 5.23. The van der Waals surface area contributed by atoms with Gasteiger partial charge in [0.05, 0.1) is 12.3 Å². The minimum Gasteiger partial charge on any atom is -0.390 e. The number of anilines is 1. The number of aromatic nitrogens is 3. The fourth-order valence-corrected chi connectivity index (χ4v) is 2.38. The first kappa shape index (κ1) is 14.3. The first-order valence-electron chi connectivity index (χ1n) is 7.09. The number of hydrogen-bond acceptors (Lipinski definition) is 4. The van der Waals surface area contributed by atoms with Gasteiger partial charge in [0.15, 0.2) is 0 Å². The number of benzene rings is 2. The SMILES string of the molecule is CN(C)c1ccc(-n2nnc(CO)c2-c2ccccc2)cc1. The van der Waals surface area contributed by atoms with E-state index in [4.69, 9.17) is 0 Å². The third-order valence-corrected chi connectivity index (χ3v) is 3.55. The van der Waals surface area contributed by atoms with Gasteiger partial charge in [-0.1, -0.05) is 35.5 Å². The molecule has 0 radical (unpaired) electrons. The molecule has 0 atom stereocenters. The molecule has 0 spiro atoms. The van der Waals surface area contributed by atoms with Gasteiger partial charge in [-0.05, 0) is 24.3 Å². The van der Waals surface area contributed by atoms with E-state index in [-0.39, 0.29) is 6.61 Å². The summed E-state index contributed by atoms with van der Waals surface area (Å²) in [4.78, 5) is 2.04. The quantitative estimate of drug-likeness (QED) is 0.803. The van der Waals surface area contributed by atoms with E-state index in [9.17, 15) is 5.11 Å². The van der Waals surface area contributed by atoms with Gasteiger partial charge in [-0.25, -0.2) is 4.68 Å². The monoisotopic (exact) mass is 294 g/mol. The Hall–Kier alpha value is -2.66. The van der Waals surface area contributed by atoms with Gasteiger partial charge in [0, 0.05) is 25.3 Å². The topological polar surface area (TPSA) is 54.2 Å². The Kier molecular flexibility index (Phi) is 3.89. The van der Waals surface area contributed by atoms with Gasteiger partial charge >= 0.3 is 0 Å². The Morgan fingerprint density at radius 2 is 1.68 bits per heavy atom. The smallest absolute Gasteiger partial charge is 0.117 e. The molecule has 2 aromatic carbocycles. The van der Waals surface area contributed by atoms with Crippen molar-refractivity contribution in [3.63, 3.8) is 0 Å². The van der Waals surface area contributed by atoms with Crippen LogP contribution in [0.4, 0.5) is 5.69 Å². The summed E-state index contributed by atoms with van der Waals surface area (Å²) >= 11 is 0. The summed E-state index contributed by atoms with van der Waals surface area (Å²) in [6.45, 7) is -0.139. The molecule has 0 bridgehead atoms. The minimum atomic E-state index is -0.139. The van der Waals surface area contributed by atoms with E-state index in [0.717, 1.165) is 22.6 Å². The van der Waals surface area contributed by atoms with Crippen LogP contribution in [0.3, 0.4) is 0 Å². The molecule has 0 amide bonds. The first-order valence-corrected chi connectivity index (χ1v) is 7.09. The molecule has 0 unspecified atom stereocenters. The van der Waals surface area contributed by atoms with Crippen molar-refractivity contribution in [2.45, 2.75) is 6.61 Å². The van der Waals surface area contributed by atoms with Gasteiger partial charge in [-0.15, -0.1) is 5.10 Å². The lowest BCUT2D eigenvalue weighted by atomic mass is 10.1. The van der Waals surface area contributed by atoms with Crippen LogP contribution < -0.4 is 4.90 Å². The van der Waals surface area contributed by atoms with Gasteiger partial charge in [0.25, 0.3) is 0 Å². The molecule has 0 aliphatic heterocycles. The maximum atomic E-state index is 9.53. The molecule has 1 aromatic heterocycles. The van der Waals surface area contributed by atoms with Crippen molar-refractivity contribution in [3.05, 3.63) is 60.3 Å². The molecule has 1 N–H and O–H groups in total. The van der Waals surface area contributed by atoms with Gasteiger partial charge in [0.1, 0.15) is 11.4 Å². The van der Waals surface area contributed by atoms with Crippen molar-refractivity contribution in [2.75, 3.05) is 19.0 Å². The Morgan fingerprint density at radius 1 is 1.00 bits per heavy atom. The fraction of sp³-hybridized carbons (Fsp3) is 0.176. The number of aliphatic hydroxyl groups excluding tert-OH is 1. The molecule has 0 saturated heterocycles. The van der Waals surface area contributed by atoms with Crippen molar-refractivity contribution in [2.24, 2.45) is 0 Å². The maximum Gasteiger partial charge on any atom is 0.117 e. The van der Waals surface area contributed by atoms with Gasteiger partial charge in [0.2, 0.25) is 0 Å². The zero-order valence-corrected chi connectivity index (χ0v) is 12.6. The molecule has 112 valence electrons. The van der Waals surface area contributed by atoms with E-state index in [1.54, 1.807) is 4.68 Å². The fourth-order valence-electron chi connectivity index (χ4n) is 2.38. The summed E-state index contributed by atoms with van der Waals surface area (Å²) in [5.41, 5.74) is 4.40. The Morgan fingerprint density at radius 3 is 2.27 bits per heavy atom. The lowest BCUT2D eigenvalue weighted by Crippen LogP contribution is -2.08. The van der Waals surface area contributed by atoms with E-state index in [2.05, 4.69) is 10.3 Å². The summed E-state index contributed by atoms with van der Waals surface area (Å²) in [6, 6.07) is 17.9. The minimum absolute atomic E-state index is 0.139. The molecule has 0 saturated carbocycles. The Bertz CT molecular complexity index is 748. The molecular formula is C17H18N4O. The van der Waals surface area contributed by atoms with Crippen LogP contribution in [0.5, 0.6) is 0 Å². The second kappa shape index (κ2) is 5.99. The van der Waals surface area contributed by atoms with E-state index >= 15 is 0 Å². The predicted molar refractivity (Wildman–Crippen MR) is 87.0 cm³/mol. The third-order valence-electron chi connectivity index (χ3n) is 3.55. The predicted octanol–water partition coefficient (Wildman–Crippen LogP) is 2.49. The van der Waals surface area contributed by atoms with Crippen LogP contribution in [0.15, 0.2) is 54.6 Å². The highest BCUT2D eigenvalue weighted by atomic mass is 16.3. The lowest BCUT2D eigenvalue weighted by molar-refractivity contribution is 0.277. The highest BCUT2D eigenvalue weighted by molar-refractivity contribution is 5.64. The van der Waals surface area contributed by atoms with Crippen molar-refractivity contribution in [1.82, 2.24) is 15.0 Å². The van der Waals surface area contributed by atoms with Crippen LogP contribution in [0, 0.1) is 0 Å². The summed E-state index contributed by atoms with van der Waals surface area (Å²) in [6.07, 6.45) is 0. The van der Waals surface area contributed by atoms with Crippen LogP contribution in [0.2, 0.25) is 0 Å². The largest absolute Gasteiger partial charge is 0.390 e. The van der Waals surface area contributed by atoms with Crippen LogP contribution in [-0.2, 0) is 6.61 Å². The molecule has 3 rings (SSSR count). The van der Waals surface area contributed by atoms with Crippen LogP contribution in [-0.4, -0.2) is 34.2 Å². The van der Waals surface area contributed by atoms with Crippen LogP contribution in [0.25, 0.3) is 16.9 Å². The molecule has 0 fully saturated rings. The molecule has 0 aliphatic carbocycles. The molecule has 0 aliphatic rings.